The number of nitrogens with zero attached hydrogens (tertiary/aromatic N) is 3. The third-order valence-electron chi connectivity index (χ3n) is 3.72. The highest BCUT2D eigenvalue weighted by atomic mass is 16.5. The fraction of sp³-hybridized carbons (Fsp3) is 0.412. The molecule has 0 aliphatic carbocycles. The smallest absolute Gasteiger partial charge is 0.331 e. The lowest BCUT2D eigenvalue weighted by atomic mass is 10.1. The summed E-state index contributed by atoms with van der Waals surface area (Å²) in [7, 11) is 5.37. The molecule has 1 aromatic rings. The van der Waals surface area contributed by atoms with Crippen molar-refractivity contribution in [3.8, 4) is 5.75 Å². The van der Waals surface area contributed by atoms with Gasteiger partial charge in [0.05, 0.1) is 20.2 Å². The number of likely N-dealkylation sites (N-methyl/N-ethyl adjacent to an activating group) is 1. The number of urea groups is 1. The molecule has 134 valence electrons. The maximum Gasteiger partial charge on any atom is 0.331 e. The van der Waals surface area contributed by atoms with E-state index in [1.807, 2.05) is 19.0 Å². The lowest BCUT2D eigenvalue weighted by Gasteiger charge is -2.28. The van der Waals surface area contributed by atoms with Gasteiger partial charge in [0.2, 0.25) is 11.8 Å². The largest absolute Gasteiger partial charge is 0.497 e. The number of aliphatic imine (C=N–C) groups is 1. The second-order valence-corrected chi connectivity index (χ2v) is 5.90. The number of hydrogen-bond donors (Lipinski definition) is 1. The molecule has 1 atom stereocenters. The van der Waals surface area contributed by atoms with Crippen LogP contribution in [-0.2, 0) is 16.1 Å². The molecular weight excluding hydrogens is 324 g/mol. The molecule has 2 rings (SSSR count). The van der Waals surface area contributed by atoms with E-state index in [1.165, 1.54) is 6.21 Å². The second kappa shape index (κ2) is 8.39. The first-order chi connectivity index (χ1) is 11.9. The number of amides is 4. The van der Waals surface area contributed by atoms with Crippen molar-refractivity contribution in [1.29, 1.82) is 0 Å². The molecule has 1 aliphatic heterocycles. The molecule has 25 heavy (non-hydrogen) atoms. The van der Waals surface area contributed by atoms with Crippen LogP contribution in [0.4, 0.5) is 4.79 Å². The van der Waals surface area contributed by atoms with E-state index in [4.69, 9.17) is 4.74 Å². The van der Waals surface area contributed by atoms with Gasteiger partial charge in [-0.1, -0.05) is 12.1 Å². The predicted octanol–water partition coefficient (Wildman–Crippen LogP) is 0.522. The minimum absolute atomic E-state index is 0.0734. The molecule has 4 amide bonds. The Labute approximate surface area is 146 Å². The molecule has 0 aromatic heterocycles. The Morgan fingerprint density at radius 2 is 1.92 bits per heavy atom. The van der Waals surface area contributed by atoms with Crippen LogP contribution in [0, 0.1) is 5.92 Å². The van der Waals surface area contributed by atoms with Crippen molar-refractivity contribution in [2.45, 2.75) is 6.54 Å². The van der Waals surface area contributed by atoms with Crippen LogP contribution in [0.2, 0.25) is 0 Å². The number of rotatable bonds is 7. The standard InChI is InChI=1S/C17H22N4O4/c1-20(2)9-8-18-10-14-15(22)19-17(24)21(16(14)23)11-12-4-6-13(25-3)7-5-12/h4-7,10,14H,8-9,11H2,1-3H3,(H,19,22,24). The van der Waals surface area contributed by atoms with Gasteiger partial charge in [0, 0.05) is 12.8 Å². The number of methoxy groups -OCH3 is 1. The van der Waals surface area contributed by atoms with Crippen molar-refractivity contribution in [2.24, 2.45) is 10.9 Å². The Kier molecular flexibility index (Phi) is 6.24. The molecule has 0 spiro atoms. The fourth-order valence-electron chi connectivity index (χ4n) is 2.26. The molecule has 0 bridgehead atoms. The average molecular weight is 346 g/mol. The molecule has 1 fully saturated rings. The summed E-state index contributed by atoms with van der Waals surface area (Å²) >= 11 is 0. The molecule has 8 heteroatoms. The molecule has 8 nitrogen and oxygen atoms in total. The van der Waals surface area contributed by atoms with Gasteiger partial charge in [-0.3, -0.25) is 24.8 Å². The SMILES string of the molecule is COc1ccc(CN2C(=O)NC(=O)C(C=NCCN(C)C)C2=O)cc1. The van der Waals surface area contributed by atoms with Crippen LogP contribution in [-0.4, -0.2) is 68.2 Å². The van der Waals surface area contributed by atoms with E-state index in [0.717, 1.165) is 10.5 Å². The van der Waals surface area contributed by atoms with E-state index in [-0.39, 0.29) is 6.54 Å². The van der Waals surface area contributed by atoms with Crippen LogP contribution in [0.5, 0.6) is 5.75 Å². The Morgan fingerprint density at radius 3 is 2.52 bits per heavy atom. The van der Waals surface area contributed by atoms with Gasteiger partial charge in [-0.2, -0.15) is 0 Å². The lowest BCUT2D eigenvalue weighted by Crippen LogP contribution is -2.57. The van der Waals surface area contributed by atoms with Crippen molar-refractivity contribution in [2.75, 3.05) is 34.3 Å². The van der Waals surface area contributed by atoms with Gasteiger partial charge in [-0.15, -0.1) is 0 Å². The van der Waals surface area contributed by atoms with Crippen LogP contribution in [0.15, 0.2) is 29.3 Å². The molecule has 1 saturated heterocycles. The minimum Gasteiger partial charge on any atom is -0.497 e. The lowest BCUT2D eigenvalue weighted by molar-refractivity contribution is -0.139. The monoisotopic (exact) mass is 346 g/mol. The van der Waals surface area contributed by atoms with Crippen LogP contribution >= 0.6 is 0 Å². The first-order valence-corrected chi connectivity index (χ1v) is 7.86. The maximum atomic E-state index is 12.5. The van der Waals surface area contributed by atoms with E-state index in [2.05, 4.69) is 10.3 Å². The quantitative estimate of drug-likeness (QED) is 0.574. The number of ether oxygens (including phenoxy) is 1. The molecule has 1 heterocycles. The van der Waals surface area contributed by atoms with E-state index >= 15 is 0 Å². The number of benzene rings is 1. The second-order valence-electron chi connectivity index (χ2n) is 5.90. The van der Waals surface area contributed by atoms with Crippen molar-refractivity contribution in [1.82, 2.24) is 15.1 Å². The highest BCUT2D eigenvalue weighted by Crippen LogP contribution is 2.16. The van der Waals surface area contributed by atoms with Crippen molar-refractivity contribution >= 4 is 24.1 Å². The van der Waals surface area contributed by atoms with Crippen LogP contribution in [0.3, 0.4) is 0 Å². The van der Waals surface area contributed by atoms with Crippen molar-refractivity contribution < 1.29 is 19.1 Å². The summed E-state index contributed by atoms with van der Waals surface area (Å²) < 4.78 is 5.08. The number of carbonyl (C=O) groups is 3. The highest BCUT2D eigenvalue weighted by molar-refractivity contribution is 6.23. The zero-order valence-electron chi connectivity index (χ0n) is 14.6. The normalized spacial score (nSPS) is 18.2. The summed E-state index contributed by atoms with van der Waals surface area (Å²) in [5.41, 5.74) is 0.752. The first kappa shape index (κ1) is 18.6. The average Bonchev–Trinajstić information content (AvgIpc) is 2.58. The van der Waals surface area contributed by atoms with Crippen molar-refractivity contribution in [3.63, 3.8) is 0 Å². The Morgan fingerprint density at radius 1 is 1.24 bits per heavy atom. The van der Waals surface area contributed by atoms with Crippen molar-refractivity contribution in [3.05, 3.63) is 29.8 Å². The molecular formula is C17H22N4O4. The highest BCUT2D eigenvalue weighted by Gasteiger charge is 2.39. The summed E-state index contributed by atoms with van der Waals surface area (Å²) in [4.78, 5) is 43.5. The molecule has 1 aromatic carbocycles. The maximum absolute atomic E-state index is 12.5. The van der Waals surface area contributed by atoms with Gasteiger partial charge >= 0.3 is 6.03 Å². The van der Waals surface area contributed by atoms with E-state index in [9.17, 15) is 14.4 Å². The predicted molar refractivity (Wildman–Crippen MR) is 92.5 cm³/mol. The van der Waals surface area contributed by atoms with E-state index in [0.29, 0.717) is 18.8 Å². The summed E-state index contributed by atoms with van der Waals surface area (Å²) in [6, 6.07) is 6.29. The number of hydrogen-bond acceptors (Lipinski definition) is 6. The zero-order chi connectivity index (χ0) is 18.4. The summed E-state index contributed by atoms with van der Waals surface area (Å²) in [6.45, 7) is 1.24. The Balaban J connectivity index is 2.07. The number of barbiturate groups is 1. The fourth-order valence-corrected chi connectivity index (χ4v) is 2.26. The molecule has 0 saturated carbocycles. The number of carbonyl (C=O) groups excluding carboxylic acids is 3. The van der Waals surface area contributed by atoms with E-state index in [1.54, 1.807) is 31.4 Å². The molecule has 1 N–H and O–H groups in total. The first-order valence-electron chi connectivity index (χ1n) is 7.86. The zero-order valence-corrected chi connectivity index (χ0v) is 14.6. The summed E-state index contributed by atoms with van der Waals surface area (Å²) in [5.74, 6) is -1.62. The van der Waals surface area contributed by atoms with Crippen LogP contribution in [0.1, 0.15) is 5.56 Å². The van der Waals surface area contributed by atoms with Gasteiger partial charge in [-0.05, 0) is 31.8 Å². The van der Waals surface area contributed by atoms with E-state index < -0.39 is 23.8 Å². The minimum atomic E-state index is -1.09. The third kappa shape index (κ3) is 4.87. The van der Waals surface area contributed by atoms with Gasteiger partial charge in [0.15, 0.2) is 5.92 Å². The van der Waals surface area contributed by atoms with Crippen LogP contribution < -0.4 is 10.1 Å². The number of nitrogens with one attached hydrogen (secondary N) is 1. The van der Waals surface area contributed by atoms with Gasteiger partial charge in [0.25, 0.3) is 0 Å². The topological polar surface area (TPSA) is 91.3 Å². The van der Waals surface area contributed by atoms with Gasteiger partial charge < -0.3 is 9.64 Å². The molecule has 0 radical (unpaired) electrons. The van der Waals surface area contributed by atoms with Gasteiger partial charge in [-0.25, -0.2) is 4.79 Å². The Bertz CT molecular complexity index is 670. The molecule has 1 aliphatic rings. The van der Waals surface area contributed by atoms with Gasteiger partial charge in [0.1, 0.15) is 5.75 Å². The molecule has 1 unspecified atom stereocenters. The third-order valence-corrected chi connectivity index (χ3v) is 3.72. The summed E-state index contributed by atoms with van der Waals surface area (Å²) in [6.07, 6.45) is 1.31. The number of imide groups is 2. The Hall–Kier alpha value is -2.74. The van der Waals surface area contributed by atoms with Crippen LogP contribution in [0.25, 0.3) is 0 Å². The summed E-state index contributed by atoms with van der Waals surface area (Å²) in [5, 5.41) is 2.20.